The molecule has 6 heteroatoms. The molecule has 0 saturated carbocycles. The van der Waals surface area contributed by atoms with E-state index in [2.05, 4.69) is 12.1 Å². The fraction of sp³-hybridized carbons (Fsp3) is 0.412. The maximum Gasteiger partial charge on any atom is 0.231 e. The lowest BCUT2D eigenvalue weighted by Crippen LogP contribution is -2.41. The van der Waals surface area contributed by atoms with Crippen molar-refractivity contribution in [2.45, 2.75) is 31.4 Å². The van der Waals surface area contributed by atoms with Gasteiger partial charge in [-0.25, -0.2) is 0 Å². The summed E-state index contributed by atoms with van der Waals surface area (Å²) in [4.78, 5) is 14.2. The zero-order valence-corrected chi connectivity index (χ0v) is 15.1. The van der Waals surface area contributed by atoms with Gasteiger partial charge in [-0.05, 0) is 18.4 Å². The highest BCUT2D eigenvalue weighted by Crippen LogP contribution is 2.27. The number of rotatable bonds is 7. The highest BCUT2D eigenvalue weighted by atomic mass is 35.5. The number of hydrogen-bond acceptors (Lipinski definition) is 4. The van der Waals surface area contributed by atoms with Crippen molar-refractivity contribution >= 4 is 45.8 Å². The molecule has 1 N–H and O–H groups in total. The molecule has 1 aromatic carbocycles. The van der Waals surface area contributed by atoms with E-state index in [1.54, 1.807) is 17.1 Å². The van der Waals surface area contributed by atoms with Crippen LogP contribution in [-0.2, 0) is 11.2 Å². The van der Waals surface area contributed by atoms with Gasteiger partial charge in [-0.2, -0.15) is 0 Å². The summed E-state index contributed by atoms with van der Waals surface area (Å²) in [6.45, 7) is 0. The molecule has 1 heterocycles. The predicted octanol–water partition coefficient (Wildman–Crippen LogP) is 3.39. The first kappa shape index (κ1) is 18.5. The molecular weight excluding hydrogens is 350 g/mol. The minimum atomic E-state index is -0.795. The van der Waals surface area contributed by atoms with Crippen LogP contribution in [0.1, 0.15) is 18.4 Å². The van der Waals surface area contributed by atoms with Gasteiger partial charge < -0.3 is 5.11 Å². The van der Waals surface area contributed by atoms with Crippen molar-refractivity contribution in [3.63, 3.8) is 0 Å². The van der Waals surface area contributed by atoms with Crippen LogP contribution < -0.4 is 0 Å². The molecule has 124 valence electrons. The highest BCUT2D eigenvalue weighted by Gasteiger charge is 2.34. The number of nitrogens with zero attached hydrogens (tertiary/aromatic N) is 1. The number of thiocarbonyl (C=S) groups is 1. The van der Waals surface area contributed by atoms with E-state index < -0.39 is 6.10 Å². The zero-order chi connectivity index (χ0) is 16.7. The zero-order valence-electron chi connectivity index (χ0n) is 12.7. The number of aliphatic hydroxyl groups excluding tert-OH is 1. The average molecular weight is 370 g/mol. The third-order valence-corrected chi connectivity index (χ3v) is 5.33. The average Bonchev–Trinajstić information content (AvgIpc) is 2.89. The lowest BCUT2D eigenvalue weighted by atomic mass is 10.1. The maximum absolute atomic E-state index is 12.5. The molecule has 1 saturated heterocycles. The van der Waals surface area contributed by atoms with Gasteiger partial charge in [0.2, 0.25) is 5.91 Å². The first-order valence-corrected chi connectivity index (χ1v) is 9.48. The van der Waals surface area contributed by atoms with Gasteiger partial charge in [-0.1, -0.05) is 66.5 Å². The summed E-state index contributed by atoms with van der Waals surface area (Å²) in [5.74, 6) is 1.19. The number of carbonyl (C=O) groups excluding carboxylic acids is 1. The van der Waals surface area contributed by atoms with Gasteiger partial charge >= 0.3 is 0 Å². The third kappa shape index (κ3) is 5.60. The molecular formula is C17H20ClNO2S2. The second-order valence-corrected chi connectivity index (χ2v) is 7.39. The van der Waals surface area contributed by atoms with Crippen LogP contribution in [0.25, 0.3) is 0 Å². The van der Waals surface area contributed by atoms with Gasteiger partial charge in [0, 0.05) is 11.6 Å². The Bertz CT molecular complexity index is 565. The third-order valence-electron chi connectivity index (χ3n) is 3.56. The Balaban J connectivity index is 1.97. The second kappa shape index (κ2) is 9.42. The van der Waals surface area contributed by atoms with Crippen molar-refractivity contribution in [3.05, 3.63) is 48.0 Å². The Morgan fingerprint density at radius 2 is 2.22 bits per heavy atom. The number of thioether (sulfide) groups is 1. The van der Waals surface area contributed by atoms with Crippen molar-refractivity contribution in [2.75, 3.05) is 11.6 Å². The van der Waals surface area contributed by atoms with E-state index >= 15 is 0 Å². The van der Waals surface area contributed by atoms with Gasteiger partial charge in [-0.15, -0.1) is 11.6 Å². The number of carbonyl (C=O) groups is 1. The molecule has 2 atom stereocenters. The van der Waals surface area contributed by atoms with Crippen LogP contribution in [0.3, 0.4) is 0 Å². The first-order chi connectivity index (χ1) is 11.1. The Kier molecular flexibility index (Phi) is 7.56. The molecule has 1 aliphatic rings. The number of amides is 1. The van der Waals surface area contributed by atoms with Crippen molar-refractivity contribution in [3.8, 4) is 0 Å². The molecule has 1 amide bonds. The summed E-state index contributed by atoms with van der Waals surface area (Å²) < 4.78 is 0.605. The number of alkyl halides is 1. The molecule has 2 unspecified atom stereocenters. The van der Waals surface area contributed by atoms with Gasteiger partial charge in [0.1, 0.15) is 4.32 Å². The minimum absolute atomic E-state index is 0.0464. The molecule has 2 rings (SSSR count). The lowest BCUT2D eigenvalue weighted by Gasteiger charge is -2.24. The molecule has 1 aromatic rings. The number of halogens is 1. The predicted molar refractivity (Wildman–Crippen MR) is 101 cm³/mol. The van der Waals surface area contributed by atoms with E-state index in [0.717, 1.165) is 12.2 Å². The van der Waals surface area contributed by atoms with Crippen molar-refractivity contribution in [1.82, 2.24) is 4.90 Å². The van der Waals surface area contributed by atoms with E-state index in [-0.39, 0.29) is 18.4 Å². The second-order valence-electron chi connectivity index (χ2n) is 5.36. The van der Waals surface area contributed by atoms with E-state index in [9.17, 15) is 9.90 Å². The number of hydrogen-bond donors (Lipinski definition) is 1. The topological polar surface area (TPSA) is 40.5 Å². The number of allylic oxidation sites excluding steroid dienone is 1. The SMILES string of the molecule is O=C(CC(O)/C=C/CCCl)N1C(=S)SCC1Cc1ccccc1. The summed E-state index contributed by atoms with van der Waals surface area (Å²) in [6.07, 6.45) is 4.13. The summed E-state index contributed by atoms with van der Waals surface area (Å²) in [7, 11) is 0. The highest BCUT2D eigenvalue weighted by molar-refractivity contribution is 8.23. The summed E-state index contributed by atoms with van der Waals surface area (Å²) in [5, 5.41) is 9.94. The first-order valence-electron chi connectivity index (χ1n) is 7.55. The molecule has 1 fully saturated rings. The van der Waals surface area contributed by atoms with Crippen molar-refractivity contribution < 1.29 is 9.90 Å². The van der Waals surface area contributed by atoms with E-state index in [1.165, 1.54) is 17.3 Å². The van der Waals surface area contributed by atoms with Crippen LogP contribution in [0.15, 0.2) is 42.5 Å². The number of aliphatic hydroxyl groups is 1. The summed E-state index contributed by atoms with van der Waals surface area (Å²) in [6, 6.07) is 10.1. The molecule has 0 radical (unpaired) electrons. The van der Waals surface area contributed by atoms with Gasteiger partial charge in [-0.3, -0.25) is 9.69 Å². The monoisotopic (exact) mass is 369 g/mol. The van der Waals surface area contributed by atoms with Crippen molar-refractivity contribution in [2.24, 2.45) is 0 Å². The summed E-state index contributed by atoms with van der Waals surface area (Å²) >= 11 is 12.4. The molecule has 0 aromatic heterocycles. The molecule has 0 bridgehead atoms. The fourth-order valence-corrected chi connectivity index (χ4v) is 4.04. The largest absolute Gasteiger partial charge is 0.389 e. The molecule has 0 spiro atoms. The van der Waals surface area contributed by atoms with Gasteiger partial charge in [0.25, 0.3) is 0 Å². The Labute approximate surface area is 151 Å². The Morgan fingerprint density at radius 3 is 2.91 bits per heavy atom. The molecule has 3 nitrogen and oxygen atoms in total. The van der Waals surface area contributed by atoms with Crippen LogP contribution in [0, 0.1) is 0 Å². The standard InChI is InChI=1S/C17H20ClNO2S2/c18-9-5-4-8-15(20)11-16(21)19-14(12-23-17(19)22)10-13-6-2-1-3-7-13/h1-4,6-8,14-15,20H,5,9-12H2/b8-4+. The minimum Gasteiger partial charge on any atom is -0.389 e. The maximum atomic E-state index is 12.5. The van der Waals surface area contributed by atoms with Crippen molar-refractivity contribution in [1.29, 1.82) is 0 Å². The normalized spacial score (nSPS) is 19.5. The van der Waals surface area contributed by atoms with E-state index in [0.29, 0.717) is 16.6 Å². The Morgan fingerprint density at radius 1 is 1.48 bits per heavy atom. The van der Waals surface area contributed by atoms with E-state index in [1.807, 2.05) is 18.2 Å². The molecule has 1 aliphatic heterocycles. The lowest BCUT2D eigenvalue weighted by molar-refractivity contribution is -0.129. The Hall–Kier alpha value is -0.880. The smallest absolute Gasteiger partial charge is 0.231 e. The fourth-order valence-electron chi connectivity index (χ4n) is 2.46. The van der Waals surface area contributed by atoms with Crippen LogP contribution in [0.4, 0.5) is 0 Å². The van der Waals surface area contributed by atoms with Crippen LogP contribution in [0.5, 0.6) is 0 Å². The molecule has 23 heavy (non-hydrogen) atoms. The van der Waals surface area contributed by atoms with Crippen LogP contribution >= 0.6 is 35.6 Å². The van der Waals surface area contributed by atoms with Gasteiger partial charge in [0.05, 0.1) is 18.6 Å². The van der Waals surface area contributed by atoms with Crippen LogP contribution in [-0.4, -0.2) is 44.0 Å². The summed E-state index contributed by atoms with van der Waals surface area (Å²) in [5.41, 5.74) is 1.18. The quantitative estimate of drug-likeness (QED) is 0.454. The molecule has 0 aliphatic carbocycles. The van der Waals surface area contributed by atoms with Crippen LogP contribution in [0.2, 0.25) is 0 Å². The van der Waals surface area contributed by atoms with Gasteiger partial charge in [0.15, 0.2) is 0 Å². The van der Waals surface area contributed by atoms with E-state index in [4.69, 9.17) is 23.8 Å². The number of benzene rings is 1.